The zero-order valence-electron chi connectivity index (χ0n) is 16.1. The van der Waals surface area contributed by atoms with Crippen molar-refractivity contribution in [3.8, 4) is 17.3 Å². The van der Waals surface area contributed by atoms with Crippen LogP contribution in [-0.2, 0) is 13.5 Å². The monoisotopic (exact) mass is 378 g/mol. The van der Waals surface area contributed by atoms with Gasteiger partial charge in [0.2, 0.25) is 0 Å². The van der Waals surface area contributed by atoms with Gasteiger partial charge in [0.25, 0.3) is 0 Å². The second-order valence-corrected chi connectivity index (χ2v) is 5.20. The van der Waals surface area contributed by atoms with E-state index in [-0.39, 0.29) is 8.41 Å². The fourth-order valence-corrected chi connectivity index (χ4v) is 2.46. The van der Waals surface area contributed by atoms with E-state index >= 15 is 0 Å². The van der Waals surface area contributed by atoms with Gasteiger partial charge in [-0.3, -0.25) is 4.68 Å². The zero-order valence-corrected chi connectivity index (χ0v) is 17.2. The standard InChI is InChI=1S/C18H16N4.C2H6.B.H4NP/c1-22-18(20)16(12-19)17(21-22)15-9-7-14(8-10-15)11-13-5-3-2-4-6-13;1-2;;1-2/h2-10H,11,20H2,1H3;1-2H3;;1-2H2. The number of nitrogen functional groups attached to an aromatic ring is 1. The topological polar surface area (TPSA) is 93.6 Å². The number of nitrogens with zero attached hydrogens (tertiary/aromatic N) is 3. The van der Waals surface area contributed by atoms with Gasteiger partial charge in [0.05, 0.1) is 0 Å². The van der Waals surface area contributed by atoms with Gasteiger partial charge in [0.1, 0.15) is 23.1 Å². The maximum Gasteiger partial charge on any atom is 0.140 e. The first kappa shape index (κ1) is 24.4. The molecule has 0 bridgehead atoms. The average Bonchev–Trinajstić information content (AvgIpc) is 3.00. The Labute approximate surface area is 166 Å². The predicted octanol–water partition coefficient (Wildman–Crippen LogP) is 3.51. The van der Waals surface area contributed by atoms with Gasteiger partial charge in [0, 0.05) is 21.0 Å². The summed E-state index contributed by atoms with van der Waals surface area (Å²) in [4.78, 5) is 0. The molecule has 3 radical (unpaired) electrons. The first-order chi connectivity index (χ1) is 12.7. The summed E-state index contributed by atoms with van der Waals surface area (Å²) in [5.41, 5.74) is 14.7. The van der Waals surface area contributed by atoms with Crippen LogP contribution in [0.15, 0.2) is 54.6 Å². The van der Waals surface area contributed by atoms with Crippen LogP contribution in [0.2, 0.25) is 0 Å². The number of aryl methyl sites for hydroxylation is 1. The third-order valence-corrected chi connectivity index (χ3v) is 3.68. The average molecular weight is 378 g/mol. The minimum absolute atomic E-state index is 0. The van der Waals surface area contributed by atoms with Gasteiger partial charge in [-0.25, -0.2) is 0 Å². The minimum Gasteiger partial charge on any atom is -0.383 e. The van der Waals surface area contributed by atoms with E-state index in [1.807, 2.05) is 53.6 Å². The predicted molar refractivity (Wildman–Crippen MR) is 118 cm³/mol. The van der Waals surface area contributed by atoms with Crippen molar-refractivity contribution in [2.75, 3.05) is 5.73 Å². The number of hydrogen-bond acceptors (Lipinski definition) is 4. The lowest BCUT2D eigenvalue weighted by molar-refractivity contribution is 0.782. The molecule has 0 aliphatic carbocycles. The maximum atomic E-state index is 9.24. The fraction of sp³-hybridized carbons (Fsp3) is 0.200. The molecule has 0 spiro atoms. The Morgan fingerprint density at radius 1 is 1.00 bits per heavy atom. The smallest absolute Gasteiger partial charge is 0.140 e. The Morgan fingerprint density at radius 3 is 2.04 bits per heavy atom. The highest BCUT2D eigenvalue weighted by atomic mass is 31.0. The number of nitrogens with two attached hydrogens (primary N) is 2. The van der Waals surface area contributed by atoms with Gasteiger partial charge in [-0.05, 0) is 17.5 Å². The van der Waals surface area contributed by atoms with Crippen molar-refractivity contribution in [3.05, 3.63) is 71.3 Å². The summed E-state index contributed by atoms with van der Waals surface area (Å²) in [7, 11) is 3.66. The Morgan fingerprint density at radius 2 is 1.52 bits per heavy atom. The van der Waals surface area contributed by atoms with Gasteiger partial charge in [-0.15, -0.1) is 0 Å². The van der Waals surface area contributed by atoms with E-state index in [1.54, 1.807) is 7.05 Å². The lowest BCUT2D eigenvalue weighted by Gasteiger charge is -2.03. The molecule has 1 atom stereocenters. The van der Waals surface area contributed by atoms with Crippen LogP contribution in [0, 0.1) is 11.3 Å². The molecule has 7 heteroatoms. The van der Waals surface area contributed by atoms with E-state index in [4.69, 9.17) is 5.73 Å². The number of aromatic nitrogens is 2. The van der Waals surface area contributed by atoms with E-state index in [0.29, 0.717) is 17.1 Å². The van der Waals surface area contributed by atoms with Gasteiger partial charge >= 0.3 is 0 Å². The first-order valence-corrected chi connectivity index (χ1v) is 9.05. The van der Waals surface area contributed by atoms with Crippen LogP contribution in [0.4, 0.5) is 5.82 Å². The van der Waals surface area contributed by atoms with E-state index in [0.717, 1.165) is 12.0 Å². The molecule has 2 aromatic carbocycles. The van der Waals surface area contributed by atoms with Gasteiger partial charge in [-0.2, -0.15) is 10.4 Å². The molecule has 3 rings (SSSR count). The van der Waals surface area contributed by atoms with Gasteiger partial charge < -0.3 is 11.2 Å². The molecule has 0 saturated heterocycles. The molecule has 3 aromatic rings. The van der Waals surface area contributed by atoms with E-state index in [1.165, 1.54) is 15.8 Å². The van der Waals surface area contributed by atoms with Crippen molar-refractivity contribution in [2.24, 2.45) is 12.6 Å². The molecule has 0 aliphatic rings. The van der Waals surface area contributed by atoms with E-state index < -0.39 is 0 Å². The molecule has 0 fully saturated rings. The van der Waals surface area contributed by atoms with Gasteiger partial charge in [0.15, 0.2) is 0 Å². The molecular formula is C20H26BN5P. The van der Waals surface area contributed by atoms with Crippen molar-refractivity contribution in [3.63, 3.8) is 0 Å². The van der Waals surface area contributed by atoms with Crippen molar-refractivity contribution < 1.29 is 0 Å². The molecule has 1 heterocycles. The number of benzene rings is 2. The van der Waals surface area contributed by atoms with Crippen LogP contribution in [0.3, 0.4) is 0 Å². The number of hydrogen-bond donors (Lipinski definition) is 2. The zero-order chi connectivity index (χ0) is 19.5. The quantitative estimate of drug-likeness (QED) is 0.539. The number of nitriles is 1. The molecule has 0 amide bonds. The number of anilines is 1. The molecule has 5 nitrogen and oxygen atoms in total. The summed E-state index contributed by atoms with van der Waals surface area (Å²) >= 11 is 0. The SMILES string of the molecule is CC.Cn1nc(-c2ccc(Cc3ccccc3)cc2)c(C#N)c1N.NP.[B]. The van der Waals surface area contributed by atoms with Crippen LogP contribution < -0.4 is 11.2 Å². The third-order valence-electron chi connectivity index (χ3n) is 3.68. The van der Waals surface area contributed by atoms with Crippen molar-refractivity contribution in [1.29, 1.82) is 5.26 Å². The maximum absolute atomic E-state index is 9.24. The van der Waals surface area contributed by atoms with Crippen LogP contribution in [0.5, 0.6) is 0 Å². The molecule has 1 unspecified atom stereocenters. The molecule has 139 valence electrons. The van der Waals surface area contributed by atoms with Crippen LogP contribution in [0.25, 0.3) is 11.3 Å². The third kappa shape index (κ3) is 6.25. The first-order valence-electron chi connectivity index (χ1n) is 8.38. The summed E-state index contributed by atoms with van der Waals surface area (Å²) in [5.74, 6) is 0.394. The molecule has 27 heavy (non-hydrogen) atoms. The highest BCUT2D eigenvalue weighted by molar-refractivity contribution is 7.13. The summed E-state index contributed by atoms with van der Waals surface area (Å²) in [6.45, 7) is 4.00. The Balaban J connectivity index is 0.00000127. The molecule has 4 N–H and O–H groups in total. The van der Waals surface area contributed by atoms with Crippen molar-refractivity contribution in [1.82, 2.24) is 9.78 Å². The Hall–Kier alpha value is -2.61. The summed E-state index contributed by atoms with van der Waals surface area (Å²) in [6.07, 6.45) is 0.886. The highest BCUT2D eigenvalue weighted by Crippen LogP contribution is 2.26. The minimum atomic E-state index is 0. The fourth-order valence-electron chi connectivity index (χ4n) is 2.46. The Bertz CT molecular complexity index is 839. The molecule has 0 saturated carbocycles. The second kappa shape index (κ2) is 12.7. The summed E-state index contributed by atoms with van der Waals surface area (Å²) in [6, 6.07) is 20.6. The van der Waals surface area contributed by atoms with Crippen LogP contribution in [-0.4, -0.2) is 18.2 Å². The largest absolute Gasteiger partial charge is 0.383 e. The van der Waals surface area contributed by atoms with Gasteiger partial charge in [-0.1, -0.05) is 77.8 Å². The highest BCUT2D eigenvalue weighted by Gasteiger charge is 2.14. The van der Waals surface area contributed by atoms with Crippen molar-refractivity contribution in [2.45, 2.75) is 20.3 Å². The number of rotatable bonds is 3. The molecule has 1 aromatic heterocycles. The van der Waals surface area contributed by atoms with Crippen LogP contribution in [0.1, 0.15) is 30.5 Å². The molecular weight excluding hydrogens is 352 g/mol. The van der Waals surface area contributed by atoms with E-state index in [2.05, 4.69) is 40.9 Å². The van der Waals surface area contributed by atoms with Crippen LogP contribution >= 0.6 is 9.39 Å². The second-order valence-electron chi connectivity index (χ2n) is 5.20. The lowest BCUT2D eigenvalue weighted by Crippen LogP contribution is -1.97. The normalized spacial score (nSPS) is 8.89. The molecule has 0 aliphatic heterocycles. The summed E-state index contributed by atoms with van der Waals surface area (Å²) in [5, 5.41) is 13.6. The Kier molecular flexibility index (Phi) is 11.5. The lowest BCUT2D eigenvalue weighted by atomic mass is 10.0. The van der Waals surface area contributed by atoms with E-state index in [9.17, 15) is 5.26 Å². The summed E-state index contributed by atoms with van der Waals surface area (Å²) < 4.78 is 1.53. The van der Waals surface area contributed by atoms with Crippen molar-refractivity contribution >= 4 is 23.6 Å².